The van der Waals surface area contributed by atoms with Crippen molar-refractivity contribution in [2.45, 2.75) is 0 Å². The Hall–Kier alpha value is -18.7. The Balaban J connectivity index is 0.0000000935. The molecular weight excluding hydrogens is 1790 g/mol. The van der Waals surface area contributed by atoms with Gasteiger partial charge in [-0.3, -0.25) is 0 Å². The second kappa shape index (κ2) is 34.7. The van der Waals surface area contributed by atoms with Gasteiger partial charge in [-0.1, -0.05) is 388 Å². The minimum atomic E-state index is 0.695. The lowest BCUT2D eigenvalue weighted by atomic mass is 9.98. The number of hydrogen-bond donors (Lipinski definition) is 0. The summed E-state index contributed by atoms with van der Waals surface area (Å²) in [5.74, 6) is 2.91. The summed E-state index contributed by atoms with van der Waals surface area (Å²) in [6, 6.07) is 165. The van der Waals surface area contributed by atoms with Crippen LogP contribution in [-0.2, 0) is 0 Å². The van der Waals surface area contributed by atoms with Gasteiger partial charge in [0.05, 0.1) is 44.8 Å². The van der Waals surface area contributed by atoms with Gasteiger partial charge in [0.15, 0.2) is 23.3 Å². The number of hydrogen-bond acceptors (Lipinski definition) is 12. The number of aromatic nitrogens is 8. The first-order valence-electron chi connectivity index (χ1n) is 48.3. The van der Waals surface area contributed by atoms with E-state index in [1.165, 1.54) is 72.7 Å². The summed E-state index contributed by atoms with van der Waals surface area (Å²) in [5, 5.41) is 29.9. The molecule has 0 unspecified atom stereocenters. The summed E-state index contributed by atoms with van der Waals surface area (Å²) in [6.07, 6.45) is 0. The molecule has 0 fully saturated rings. The Labute approximate surface area is 832 Å². The second-order valence-electron chi connectivity index (χ2n) is 36.4. The minimum absolute atomic E-state index is 0.695. The van der Waals surface area contributed by atoms with Crippen LogP contribution in [0.15, 0.2) is 482 Å². The average Bonchev–Trinajstić information content (AvgIpc) is 1.53. The van der Waals surface area contributed by atoms with Crippen LogP contribution < -0.4 is 0 Å². The lowest BCUT2D eigenvalue weighted by molar-refractivity contribution is 0.672. The van der Waals surface area contributed by atoms with E-state index in [1.54, 1.807) is 0 Å². The molecule has 0 amide bonds. The van der Waals surface area contributed by atoms with Gasteiger partial charge in [0.2, 0.25) is 0 Å². The summed E-state index contributed by atoms with van der Waals surface area (Å²) < 4.78 is 18.1. The van der Waals surface area contributed by atoms with E-state index in [-0.39, 0.29) is 0 Å². The maximum absolute atomic E-state index is 6.44. The highest BCUT2D eigenvalue weighted by molar-refractivity contribution is 7.26. The highest BCUT2D eigenvalue weighted by Gasteiger charge is 2.25. The SMILES string of the molecule is c1ccc(-c2nc(-c3cccc4cc5c(cc34)sc3ccccc35)nc3c2ccc2ccccc23)cc1.c1ccc(-c2nc(-c3cccc4cc5c(cc34)sc3ccccc35)nc3ccccc23)cc1.c1ccc(-c2nc(-c3cccc4ccc5c6ccccc6oc5c34)nc3c2ccc2ccccc23)cc1.c1ccc(-c2nc(-c3cccc4ccc5c6ccccc6oc5c34)nc3ccc4ccccc4c23)cc1. The standard InChI is InChI=1S/2C34H20N2O.C34H20N2S.C30H18N2S/c1-2-10-23(11-3-1)31-28-20-17-21-9-4-5-13-24(21)32(28)36-34(35-31)27-15-8-12-22-18-19-26-25-14-6-7-16-29(25)37-33(26)30(22)27;1-2-10-23(11-3-1)32-31-24-13-5-4-9-21(24)18-20-28(31)35-34(36-32)27-15-8-12-22-17-19-26-25-14-6-7-16-29(25)37-33(26)30(22)27;1-2-10-22(11-3-1)32-27-18-17-21-9-4-5-13-24(21)33(27)36-34(35-32)26-15-8-12-23-19-29-25-14-6-7-16-30(25)37-31(29)20-28(23)26;1-2-9-19(10-3-1)29-23-13-4-6-15-26(23)31-30(32-29)22-14-8-11-20-17-25-21-12-5-7-16-27(21)33-28(25)18-24(20)22/h3*1-20H;1-18H. The fraction of sp³-hybridized carbons (Fsp3) is 0. The van der Waals surface area contributed by atoms with E-state index in [1.807, 2.05) is 83.3 Å². The third-order valence-electron chi connectivity index (χ3n) is 28.1. The van der Waals surface area contributed by atoms with E-state index in [0.29, 0.717) is 11.6 Å². The van der Waals surface area contributed by atoms with E-state index in [0.717, 1.165) is 210 Å². The lowest BCUT2D eigenvalue weighted by Gasteiger charge is -2.13. The van der Waals surface area contributed by atoms with Gasteiger partial charge in [-0.15, -0.1) is 22.7 Å². The molecule has 144 heavy (non-hydrogen) atoms. The maximum Gasteiger partial charge on any atom is 0.161 e. The van der Waals surface area contributed by atoms with Gasteiger partial charge in [0.25, 0.3) is 0 Å². The Morgan fingerprint density at radius 2 is 0.486 bits per heavy atom. The third-order valence-corrected chi connectivity index (χ3v) is 30.3. The molecule has 12 heteroatoms. The van der Waals surface area contributed by atoms with Gasteiger partial charge in [-0.2, -0.15) is 0 Å². The summed E-state index contributed by atoms with van der Waals surface area (Å²) in [5.41, 5.74) is 19.5. The molecule has 0 bridgehead atoms. The van der Waals surface area contributed by atoms with Gasteiger partial charge in [0, 0.05) is 149 Å². The van der Waals surface area contributed by atoms with Crippen LogP contribution in [0.4, 0.5) is 0 Å². The number of nitrogens with zero attached hydrogens (tertiary/aromatic N) is 8. The Bertz CT molecular complexity index is 10700. The molecule has 0 aliphatic heterocycles. The molecule has 670 valence electrons. The molecule has 10 nitrogen and oxygen atoms in total. The molecule has 8 aromatic heterocycles. The maximum atomic E-state index is 6.44. The number of rotatable bonds is 8. The predicted molar refractivity (Wildman–Crippen MR) is 605 cm³/mol. The van der Waals surface area contributed by atoms with Crippen LogP contribution in [0.5, 0.6) is 0 Å². The number of benzene rings is 23. The minimum Gasteiger partial charge on any atom is -0.455 e. The average molecular weight is 1870 g/mol. The highest BCUT2D eigenvalue weighted by Crippen LogP contribution is 2.48. The van der Waals surface area contributed by atoms with Crippen LogP contribution in [0.3, 0.4) is 0 Å². The van der Waals surface area contributed by atoms with Gasteiger partial charge in [0.1, 0.15) is 22.3 Å². The summed E-state index contributed by atoms with van der Waals surface area (Å²) in [4.78, 5) is 41.4. The van der Waals surface area contributed by atoms with E-state index in [2.05, 4.69) is 413 Å². The molecule has 0 N–H and O–H groups in total. The molecule has 0 radical (unpaired) electrons. The van der Waals surface area contributed by atoms with Crippen LogP contribution >= 0.6 is 22.7 Å². The van der Waals surface area contributed by atoms with Crippen molar-refractivity contribution in [3.63, 3.8) is 0 Å². The highest BCUT2D eigenvalue weighted by atomic mass is 32.1. The quantitative estimate of drug-likeness (QED) is 0.136. The molecule has 0 atom stereocenters. The third kappa shape index (κ3) is 14.4. The van der Waals surface area contributed by atoms with Gasteiger partial charge >= 0.3 is 0 Å². The van der Waals surface area contributed by atoms with Crippen molar-refractivity contribution in [1.82, 2.24) is 39.9 Å². The zero-order valence-electron chi connectivity index (χ0n) is 77.2. The fourth-order valence-corrected chi connectivity index (χ4v) is 23.6. The van der Waals surface area contributed by atoms with Crippen molar-refractivity contribution in [3.05, 3.63) is 473 Å². The molecule has 0 spiro atoms. The van der Waals surface area contributed by atoms with Crippen LogP contribution in [0.25, 0.3) is 294 Å². The first-order chi connectivity index (χ1) is 71.4. The zero-order valence-corrected chi connectivity index (χ0v) is 78.9. The van der Waals surface area contributed by atoms with E-state index < -0.39 is 0 Å². The second-order valence-corrected chi connectivity index (χ2v) is 38.6. The molecule has 0 saturated heterocycles. The normalized spacial score (nSPS) is 11.8. The number of fused-ring (bicyclic) bond motifs is 28. The molecule has 0 aliphatic carbocycles. The van der Waals surface area contributed by atoms with Crippen molar-refractivity contribution in [2.24, 2.45) is 0 Å². The largest absolute Gasteiger partial charge is 0.455 e. The lowest BCUT2D eigenvalue weighted by Crippen LogP contribution is -1.96. The Morgan fingerprint density at radius 1 is 0.160 bits per heavy atom. The van der Waals surface area contributed by atoms with Gasteiger partial charge in [-0.25, -0.2) is 39.9 Å². The summed E-state index contributed by atoms with van der Waals surface area (Å²) in [6.45, 7) is 0. The molecule has 0 saturated carbocycles. The van der Waals surface area contributed by atoms with E-state index in [9.17, 15) is 0 Å². The van der Waals surface area contributed by atoms with E-state index >= 15 is 0 Å². The van der Waals surface area contributed by atoms with Crippen molar-refractivity contribution >= 4 is 226 Å². The Morgan fingerprint density at radius 3 is 0.972 bits per heavy atom. The predicted octanol–water partition coefficient (Wildman–Crippen LogP) is 36.5. The zero-order chi connectivity index (χ0) is 94.8. The molecule has 31 rings (SSSR count). The number of thiophene rings is 2. The van der Waals surface area contributed by atoms with Crippen LogP contribution in [0.2, 0.25) is 0 Å². The Kier molecular flexibility index (Phi) is 20.1. The monoisotopic (exact) mass is 1870 g/mol. The molecule has 31 aromatic rings. The number of para-hydroxylation sites is 3. The van der Waals surface area contributed by atoms with Crippen LogP contribution in [-0.4, -0.2) is 39.9 Å². The van der Waals surface area contributed by atoms with E-state index in [4.69, 9.17) is 48.7 Å². The van der Waals surface area contributed by atoms with Crippen molar-refractivity contribution in [1.29, 1.82) is 0 Å². The summed E-state index contributed by atoms with van der Waals surface area (Å²) in [7, 11) is 0. The van der Waals surface area contributed by atoms with Crippen LogP contribution in [0.1, 0.15) is 0 Å². The van der Waals surface area contributed by atoms with Crippen molar-refractivity contribution in [2.75, 3.05) is 0 Å². The molecule has 8 heterocycles. The van der Waals surface area contributed by atoms with Crippen LogP contribution in [0, 0.1) is 0 Å². The molecule has 0 aliphatic rings. The molecule has 23 aromatic carbocycles. The van der Waals surface area contributed by atoms with Gasteiger partial charge in [-0.05, 0) is 139 Å². The van der Waals surface area contributed by atoms with Crippen molar-refractivity contribution < 1.29 is 8.83 Å². The topological polar surface area (TPSA) is 129 Å². The number of furan rings is 2. The fourth-order valence-electron chi connectivity index (χ4n) is 21.3. The smallest absolute Gasteiger partial charge is 0.161 e. The summed E-state index contributed by atoms with van der Waals surface area (Å²) >= 11 is 3.69. The van der Waals surface area contributed by atoms with Gasteiger partial charge < -0.3 is 8.83 Å². The molecular formula is C132H78N8O2S2. The first-order valence-corrected chi connectivity index (χ1v) is 49.9. The first kappa shape index (κ1) is 83.4. The van der Waals surface area contributed by atoms with Crippen molar-refractivity contribution in [3.8, 4) is 90.6 Å².